The normalized spacial score (nSPS) is 19.6. The Labute approximate surface area is 84.4 Å². The summed E-state index contributed by atoms with van der Waals surface area (Å²) in [4.78, 5) is 0. The molecule has 1 rings (SSSR count). The molecule has 0 radical (unpaired) electrons. The van der Waals surface area contributed by atoms with Crippen LogP contribution >= 0.6 is 0 Å². The highest BCUT2D eigenvalue weighted by molar-refractivity contribution is 7.87. The SMILES string of the molecule is COCCNS(=O)(=O)NC1(CN)CC1. The predicted molar refractivity (Wildman–Crippen MR) is 53.0 cm³/mol. The van der Waals surface area contributed by atoms with Gasteiger partial charge in [-0.15, -0.1) is 0 Å². The highest BCUT2D eigenvalue weighted by Crippen LogP contribution is 2.34. The van der Waals surface area contributed by atoms with Crippen molar-refractivity contribution < 1.29 is 13.2 Å². The summed E-state index contributed by atoms with van der Waals surface area (Å²) in [5.41, 5.74) is 5.06. The fourth-order valence-electron chi connectivity index (χ4n) is 1.10. The fraction of sp³-hybridized carbons (Fsp3) is 1.00. The van der Waals surface area contributed by atoms with E-state index in [4.69, 9.17) is 10.5 Å². The maximum Gasteiger partial charge on any atom is 0.277 e. The first-order chi connectivity index (χ1) is 6.54. The van der Waals surface area contributed by atoms with Crippen LogP contribution in [0.2, 0.25) is 0 Å². The van der Waals surface area contributed by atoms with Crippen LogP contribution in [0.15, 0.2) is 0 Å². The molecule has 0 unspecified atom stereocenters. The Kier molecular flexibility index (Phi) is 3.85. The maximum atomic E-state index is 11.4. The van der Waals surface area contributed by atoms with Crippen molar-refractivity contribution in [2.75, 3.05) is 26.8 Å². The van der Waals surface area contributed by atoms with Gasteiger partial charge in [-0.25, -0.2) is 0 Å². The molecule has 84 valence electrons. The van der Waals surface area contributed by atoms with Crippen molar-refractivity contribution in [3.05, 3.63) is 0 Å². The molecular weight excluding hydrogens is 206 g/mol. The summed E-state index contributed by atoms with van der Waals surface area (Å²) in [6.45, 7) is 0.973. The third-order valence-corrected chi connectivity index (χ3v) is 3.48. The molecule has 0 amide bonds. The number of hydrogen-bond donors (Lipinski definition) is 3. The highest BCUT2D eigenvalue weighted by atomic mass is 32.2. The summed E-state index contributed by atoms with van der Waals surface area (Å²) in [6.07, 6.45) is 1.63. The Morgan fingerprint density at radius 2 is 2.14 bits per heavy atom. The molecule has 7 heteroatoms. The second-order valence-electron chi connectivity index (χ2n) is 3.48. The molecule has 14 heavy (non-hydrogen) atoms. The van der Waals surface area contributed by atoms with E-state index in [0.29, 0.717) is 13.2 Å². The van der Waals surface area contributed by atoms with Crippen molar-refractivity contribution in [1.29, 1.82) is 0 Å². The number of hydrogen-bond acceptors (Lipinski definition) is 4. The minimum absolute atomic E-state index is 0.270. The average Bonchev–Trinajstić information content (AvgIpc) is 2.85. The summed E-state index contributed by atoms with van der Waals surface area (Å²) in [7, 11) is -1.90. The van der Waals surface area contributed by atoms with Crippen LogP contribution in [0, 0.1) is 0 Å². The van der Waals surface area contributed by atoms with E-state index in [9.17, 15) is 8.42 Å². The molecule has 0 aromatic heterocycles. The van der Waals surface area contributed by atoms with Crippen LogP contribution in [0.1, 0.15) is 12.8 Å². The van der Waals surface area contributed by atoms with Crippen molar-refractivity contribution in [1.82, 2.24) is 9.44 Å². The lowest BCUT2D eigenvalue weighted by molar-refractivity contribution is 0.204. The molecule has 6 nitrogen and oxygen atoms in total. The maximum absolute atomic E-state index is 11.4. The van der Waals surface area contributed by atoms with Crippen molar-refractivity contribution in [2.24, 2.45) is 5.73 Å². The van der Waals surface area contributed by atoms with Crippen molar-refractivity contribution in [2.45, 2.75) is 18.4 Å². The van der Waals surface area contributed by atoms with Gasteiger partial charge in [0.15, 0.2) is 0 Å². The first kappa shape index (κ1) is 11.9. The molecule has 0 saturated heterocycles. The highest BCUT2D eigenvalue weighted by Gasteiger charge is 2.44. The van der Waals surface area contributed by atoms with Gasteiger partial charge in [-0.2, -0.15) is 17.9 Å². The van der Waals surface area contributed by atoms with Gasteiger partial charge in [-0.05, 0) is 12.8 Å². The van der Waals surface area contributed by atoms with E-state index in [-0.39, 0.29) is 12.1 Å². The monoisotopic (exact) mass is 223 g/mol. The summed E-state index contributed by atoms with van der Waals surface area (Å²) < 4.78 is 32.4. The number of nitrogens with two attached hydrogens (primary N) is 1. The Balaban J connectivity index is 2.34. The van der Waals surface area contributed by atoms with Gasteiger partial charge in [-0.1, -0.05) is 0 Å². The summed E-state index contributed by atoms with van der Waals surface area (Å²) in [6, 6.07) is 0. The van der Waals surface area contributed by atoms with E-state index in [2.05, 4.69) is 9.44 Å². The van der Waals surface area contributed by atoms with E-state index >= 15 is 0 Å². The first-order valence-electron chi connectivity index (χ1n) is 4.51. The lowest BCUT2D eigenvalue weighted by Gasteiger charge is -2.15. The van der Waals surface area contributed by atoms with Gasteiger partial charge in [0.2, 0.25) is 0 Å². The van der Waals surface area contributed by atoms with Crippen LogP contribution in [0.3, 0.4) is 0 Å². The van der Waals surface area contributed by atoms with E-state index in [1.807, 2.05) is 0 Å². The zero-order chi connectivity index (χ0) is 10.7. The Hall–Kier alpha value is -0.210. The number of methoxy groups -OCH3 is 1. The number of rotatable bonds is 7. The molecule has 1 saturated carbocycles. The Bertz CT molecular complexity index is 274. The van der Waals surface area contributed by atoms with Gasteiger partial charge in [0.1, 0.15) is 0 Å². The van der Waals surface area contributed by atoms with E-state index < -0.39 is 10.2 Å². The first-order valence-corrected chi connectivity index (χ1v) is 5.99. The molecule has 0 bridgehead atoms. The lowest BCUT2D eigenvalue weighted by atomic mass is 10.3. The van der Waals surface area contributed by atoms with Gasteiger partial charge in [0, 0.05) is 25.7 Å². The zero-order valence-corrected chi connectivity index (χ0v) is 9.06. The minimum atomic E-state index is -3.42. The molecule has 0 heterocycles. The van der Waals surface area contributed by atoms with Crippen LogP contribution in [-0.4, -0.2) is 40.8 Å². The molecule has 0 aliphatic heterocycles. The van der Waals surface area contributed by atoms with E-state index in [0.717, 1.165) is 12.8 Å². The molecule has 1 aliphatic carbocycles. The Morgan fingerprint density at radius 1 is 1.50 bits per heavy atom. The summed E-state index contributed by atoms with van der Waals surface area (Å²) >= 11 is 0. The second kappa shape index (κ2) is 4.54. The molecule has 4 N–H and O–H groups in total. The van der Waals surface area contributed by atoms with Crippen LogP contribution in [0.4, 0.5) is 0 Å². The molecule has 0 spiro atoms. The van der Waals surface area contributed by atoms with Crippen molar-refractivity contribution in [3.63, 3.8) is 0 Å². The number of nitrogens with one attached hydrogen (secondary N) is 2. The van der Waals surface area contributed by atoms with Gasteiger partial charge in [-0.3, -0.25) is 0 Å². The Morgan fingerprint density at radius 3 is 2.57 bits per heavy atom. The topological polar surface area (TPSA) is 93.4 Å². The number of ether oxygens (including phenoxy) is 1. The molecule has 1 fully saturated rings. The van der Waals surface area contributed by atoms with E-state index in [1.54, 1.807) is 0 Å². The zero-order valence-electron chi connectivity index (χ0n) is 8.25. The van der Waals surface area contributed by atoms with Crippen LogP contribution < -0.4 is 15.2 Å². The average molecular weight is 223 g/mol. The smallest absolute Gasteiger partial charge is 0.277 e. The van der Waals surface area contributed by atoms with Gasteiger partial charge in [0.25, 0.3) is 10.2 Å². The second-order valence-corrected chi connectivity index (χ2v) is 4.98. The summed E-state index contributed by atoms with van der Waals surface area (Å²) in [5, 5.41) is 0. The van der Waals surface area contributed by atoms with Crippen LogP contribution in [0.25, 0.3) is 0 Å². The van der Waals surface area contributed by atoms with Crippen LogP contribution in [-0.2, 0) is 14.9 Å². The minimum Gasteiger partial charge on any atom is -0.383 e. The van der Waals surface area contributed by atoms with Crippen molar-refractivity contribution in [3.8, 4) is 0 Å². The molecule has 0 atom stereocenters. The van der Waals surface area contributed by atoms with Gasteiger partial charge in [0.05, 0.1) is 6.61 Å². The lowest BCUT2D eigenvalue weighted by Crippen LogP contribution is -2.48. The third kappa shape index (κ3) is 3.50. The standard InChI is InChI=1S/C7H17N3O3S/c1-13-5-4-9-14(11,12)10-7(6-8)2-3-7/h9-10H,2-6,8H2,1H3. The van der Waals surface area contributed by atoms with Gasteiger partial charge >= 0.3 is 0 Å². The van der Waals surface area contributed by atoms with Crippen molar-refractivity contribution >= 4 is 10.2 Å². The van der Waals surface area contributed by atoms with E-state index in [1.165, 1.54) is 7.11 Å². The van der Waals surface area contributed by atoms with Crippen LogP contribution in [0.5, 0.6) is 0 Å². The predicted octanol–water partition coefficient (Wildman–Crippen LogP) is -1.45. The molecule has 1 aliphatic rings. The summed E-state index contributed by atoms with van der Waals surface area (Å²) in [5.74, 6) is 0. The molecular formula is C7H17N3O3S. The fourth-order valence-corrected chi connectivity index (χ4v) is 2.38. The quantitative estimate of drug-likeness (QED) is 0.460. The largest absolute Gasteiger partial charge is 0.383 e. The third-order valence-electron chi connectivity index (χ3n) is 2.19. The molecule has 0 aromatic carbocycles. The van der Waals surface area contributed by atoms with Gasteiger partial charge < -0.3 is 10.5 Å². The molecule has 0 aromatic rings.